The van der Waals surface area contributed by atoms with Gasteiger partial charge in [-0.25, -0.2) is 0 Å². The smallest absolute Gasteiger partial charge is 0.423 e. The molecular weight excluding hydrogens is 223 g/mol. The lowest BCUT2D eigenvalue weighted by Gasteiger charge is -2.01. The van der Waals surface area contributed by atoms with Gasteiger partial charge in [-0.3, -0.25) is 0 Å². The summed E-state index contributed by atoms with van der Waals surface area (Å²) in [5.74, 6) is 0. The van der Waals surface area contributed by atoms with Gasteiger partial charge in [0.1, 0.15) is 0 Å². The van der Waals surface area contributed by atoms with Crippen molar-refractivity contribution in [3.8, 4) is 0 Å². The normalized spacial score (nSPS) is 21.2. The van der Waals surface area contributed by atoms with E-state index in [9.17, 15) is 10.1 Å². The van der Waals surface area contributed by atoms with Crippen LogP contribution in [0.4, 0.5) is 0 Å². The number of benzene rings is 1. The molecule has 0 saturated carbocycles. The van der Waals surface area contributed by atoms with Crippen LogP contribution in [0.1, 0.15) is 11.9 Å². The average Bonchev–Trinajstić information content (AvgIpc) is 2.28. The van der Waals surface area contributed by atoms with Crippen molar-refractivity contribution >= 4 is 28.5 Å². The zero-order valence-corrected chi connectivity index (χ0v) is 7.65. The first-order chi connectivity index (χ1) is 5.68. The molecule has 5 heteroatoms. The van der Waals surface area contributed by atoms with Gasteiger partial charge < -0.3 is 14.8 Å². The molecule has 1 atom stereocenters. The number of aliphatic hydroxyl groups excluding tert-OH is 1. The third-order valence-corrected chi connectivity index (χ3v) is 2.33. The molecule has 3 nitrogen and oxygen atoms in total. The van der Waals surface area contributed by atoms with E-state index in [2.05, 4.69) is 15.9 Å². The Balaban J connectivity index is 2.53. The Bertz CT molecular complexity index is 318. The molecule has 1 heterocycles. The highest BCUT2D eigenvalue weighted by atomic mass is 79.9. The van der Waals surface area contributed by atoms with Crippen LogP contribution >= 0.6 is 15.9 Å². The van der Waals surface area contributed by atoms with Crippen LogP contribution in [0.15, 0.2) is 22.7 Å². The second kappa shape index (κ2) is 2.85. The third-order valence-electron chi connectivity index (χ3n) is 1.84. The van der Waals surface area contributed by atoms with Crippen LogP contribution in [-0.4, -0.2) is 17.2 Å². The molecule has 12 heavy (non-hydrogen) atoms. The molecule has 0 spiro atoms. The Morgan fingerprint density at radius 2 is 2.25 bits per heavy atom. The Kier molecular flexibility index (Phi) is 1.96. The van der Waals surface area contributed by atoms with E-state index in [0.29, 0.717) is 11.0 Å². The fourth-order valence-electron chi connectivity index (χ4n) is 1.25. The van der Waals surface area contributed by atoms with Crippen LogP contribution in [0, 0.1) is 0 Å². The fraction of sp³-hybridized carbons (Fsp3) is 0.143. The molecule has 1 aliphatic heterocycles. The predicted octanol–water partition coefficient (Wildman–Crippen LogP) is 0.158. The lowest BCUT2D eigenvalue weighted by Crippen LogP contribution is -2.27. The topological polar surface area (TPSA) is 49.7 Å². The molecule has 0 fully saturated rings. The van der Waals surface area contributed by atoms with Crippen molar-refractivity contribution in [2.45, 2.75) is 6.29 Å². The van der Waals surface area contributed by atoms with E-state index in [0.717, 1.165) is 4.47 Å². The van der Waals surface area contributed by atoms with E-state index in [-0.39, 0.29) is 0 Å². The molecule has 0 amide bonds. The number of hydrogen-bond donors (Lipinski definition) is 2. The van der Waals surface area contributed by atoms with Crippen molar-refractivity contribution in [1.29, 1.82) is 0 Å². The minimum Gasteiger partial charge on any atom is -0.423 e. The van der Waals surface area contributed by atoms with E-state index in [4.69, 9.17) is 4.65 Å². The van der Waals surface area contributed by atoms with Gasteiger partial charge in [-0.15, -0.1) is 0 Å². The first-order valence-electron chi connectivity index (χ1n) is 3.49. The molecule has 0 radical (unpaired) electrons. The maximum atomic E-state index is 9.27. The summed E-state index contributed by atoms with van der Waals surface area (Å²) in [6.45, 7) is 0. The largest absolute Gasteiger partial charge is 0.493 e. The maximum absolute atomic E-state index is 9.27. The van der Waals surface area contributed by atoms with Gasteiger partial charge in [0.25, 0.3) is 0 Å². The zero-order valence-electron chi connectivity index (χ0n) is 6.07. The lowest BCUT2D eigenvalue weighted by molar-refractivity contribution is -0.0218. The molecule has 0 saturated heterocycles. The summed E-state index contributed by atoms with van der Waals surface area (Å²) in [6.07, 6.45) is -0.997. The van der Waals surface area contributed by atoms with Crippen molar-refractivity contribution in [3.05, 3.63) is 28.2 Å². The summed E-state index contributed by atoms with van der Waals surface area (Å²) in [5, 5.41) is 18.5. The maximum Gasteiger partial charge on any atom is 0.493 e. The van der Waals surface area contributed by atoms with Crippen molar-refractivity contribution in [1.82, 2.24) is 0 Å². The van der Waals surface area contributed by atoms with Crippen molar-refractivity contribution < 1.29 is 14.8 Å². The van der Waals surface area contributed by atoms with Gasteiger partial charge >= 0.3 is 7.12 Å². The van der Waals surface area contributed by atoms with Crippen molar-refractivity contribution in [2.24, 2.45) is 0 Å². The van der Waals surface area contributed by atoms with E-state index < -0.39 is 13.4 Å². The van der Waals surface area contributed by atoms with Gasteiger partial charge in [-0.1, -0.05) is 22.0 Å². The standard InChI is InChI=1S/C7H6BBrO3/c9-4-1-2-5-6(3-4)8(11)12-7(5)10/h1-3,7,10-11H. The number of hydrogen-bond acceptors (Lipinski definition) is 3. The van der Waals surface area contributed by atoms with Crippen molar-refractivity contribution in [3.63, 3.8) is 0 Å². The van der Waals surface area contributed by atoms with Crippen LogP contribution in [0.25, 0.3) is 0 Å². The monoisotopic (exact) mass is 228 g/mol. The molecule has 0 aromatic heterocycles. The summed E-state index contributed by atoms with van der Waals surface area (Å²) < 4.78 is 5.64. The summed E-state index contributed by atoms with van der Waals surface area (Å²) in [7, 11) is -1.01. The second-order valence-corrected chi connectivity index (χ2v) is 3.53. The Morgan fingerprint density at radius 1 is 1.50 bits per heavy atom. The van der Waals surface area contributed by atoms with Crippen LogP contribution in [0.2, 0.25) is 0 Å². The predicted molar refractivity (Wildman–Crippen MR) is 47.8 cm³/mol. The van der Waals surface area contributed by atoms with Crippen LogP contribution < -0.4 is 5.46 Å². The van der Waals surface area contributed by atoms with Gasteiger partial charge in [0.05, 0.1) is 0 Å². The summed E-state index contributed by atoms with van der Waals surface area (Å²) in [4.78, 5) is 0. The number of fused-ring (bicyclic) bond motifs is 1. The number of halogens is 1. The average molecular weight is 229 g/mol. The molecule has 1 aliphatic rings. The van der Waals surface area contributed by atoms with E-state index in [1.807, 2.05) is 0 Å². The SMILES string of the molecule is OB1OC(O)c2ccc(Br)cc21. The summed E-state index contributed by atoms with van der Waals surface area (Å²) in [6, 6.07) is 5.25. The first-order valence-corrected chi connectivity index (χ1v) is 4.29. The Labute approximate surface area is 78.3 Å². The van der Waals surface area contributed by atoms with Gasteiger partial charge in [0.2, 0.25) is 0 Å². The van der Waals surface area contributed by atoms with E-state index >= 15 is 0 Å². The quantitative estimate of drug-likeness (QED) is 0.622. The van der Waals surface area contributed by atoms with Gasteiger partial charge in [-0.05, 0) is 17.6 Å². The Morgan fingerprint density at radius 3 is 3.00 bits per heavy atom. The molecule has 2 rings (SSSR count). The summed E-state index contributed by atoms with van der Waals surface area (Å²) in [5.41, 5.74) is 1.25. The highest BCUT2D eigenvalue weighted by Gasteiger charge is 2.33. The fourth-order valence-corrected chi connectivity index (χ4v) is 1.63. The first kappa shape index (κ1) is 8.25. The minimum atomic E-state index is -1.01. The molecule has 1 unspecified atom stereocenters. The zero-order chi connectivity index (χ0) is 8.72. The van der Waals surface area contributed by atoms with Crippen LogP contribution in [-0.2, 0) is 4.65 Å². The van der Waals surface area contributed by atoms with Crippen molar-refractivity contribution in [2.75, 3.05) is 0 Å². The van der Waals surface area contributed by atoms with E-state index in [1.54, 1.807) is 18.2 Å². The molecule has 1 aromatic carbocycles. The third kappa shape index (κ3) is 1.19. The number of aliphatic hydroxyl groups is 1. The molecule has 1 aromatic rings. The van der Waals surface area contributed by atoms with Gasteiger partial charge in [0.15, 0.2) is 6.29 Å². The Hall–Kier alpha value is -0.355. The summed E-state index contributed by atoms with van der Waals surface area (Å²) >= 11 is 3.26. The highest BCUT2D eigenvalue weighted by molar-refractivity contribution is 9.10. The number of rotatable bonds is 0. The second-order valence-electron chi connectivity index (χ2n) is 2.61. The van der Waals surface area contributed by atoms with Gasteiger partial charge in [0, 0.05) is 10.0 Å². The molecular formula is C7H6BBrO3. The lowest BCUT2D eigenvalue weighted by atomic mass is 9.80. The molecule has 0 bridgehead atoms. The van der Waals surface area contributed by atoms with Gasteiger partial charge in [-0.2, -0.15) is 0 Å². The molecule has 62 valence electrons. The molecule has 2 N–H and O–H groups in total. The minimum absolute atomic E-state index is 0.622. The van der Waals surface area contributed by atoms with E-state index in [1.165, 1.54) is 0 Å². The van der Waals surface area contributed by atoms with Crippen LogP contribution in [0.5, 0.6) is 0 Å². The molecule has 0 aliphatic carbocycles. The van der Waals surface area contributed by atoms with Crippen LogP contribution in [0.3, 0.4) is 0 Å². The highest BCUT2D eigenvalue weighted by Crippen LogP contribution is 2.22.